The van der Waals surface area contributed by atoms with E-state index in [0.29, 0.717) is 5.69 Å². The van der Waals surface area contributed by atoms with Crippen LogP contribution >= 0.6 is 11.8 Å². The molecule has 0 bridgehead atoms. The van der Waals surface area contributed by atoms with Gasteiger partial charge in [0.05, 0.1) is 12.9 Å². The minimum atomic E-state index is -3.69. The lowest BCUT2D eigenvalue weighted by Gasteiger charge is -2.16. The molecule has 0 spiro atoms. The first-order valence-corrected chi connectivity index (χ1v) is 11.4. The van der Waals surface area contributed by atoms with Crippen molar-refractivity contribution in [1.29, 1.82) is 0 Å². The van der Waals surface area contributed by atoms with Gasteiger partial charge in [-0.15, -0.1) is 11.8 Å². The Morgan fingerprint density at radius 2 is 1.89 bits per heavy atom. The summed E-state index contributed by atoms with van der Waals surface area (Å²) in [5.74, 6) is 0.295. The number of methoxy groups -OCH3 is 1. The van der Waals surface area contributed by atoms with Gasteiger partial charge in [-0.05, 0) is 60.7 Å². The van der Waals surface area contributed by atoms with Gasteiger partial charge in [0.2, 0.25) is 15.9 Å². The van der Waals surface area contributed by atoms with Gasteiger partial charge < -0.3 is 10.1 Å². The molecule has 0 radical (unpaired) electrons. The number of ether oxygens (including phenoxy) is 1. The van der Waals surface area contributed by atoms with E-state index in [1.165, 1.54) is 56.6 Å². The molecule has 3 rings (SSSR count). The van der Waals surface area contributed by atoms with Gasteiger partial charge in [-0.3, -0.25) is 4.79 Å². The van der Waals surface area contributed by atoms with E-state index in [2.05, 4.69) is 23.5 Å². The van der Waals surface area contributed by atoms with Crippen LogP contribution in [-0.4, -0.2) is 45.6 Å². The van der Waals surface area contributed by atoms with E-state index < -0.39 is 10.0 Å². The summed E-state index contributed by atoms with van der Waals surface area (Å²) in [6.45, 7) is 0. The molecule has 2 aromatic carbocycles. The van der Waals surface area contributed by atoms with Crippen LogP contribution < -0.4 is 10.1 Å². The lowest BCUT2D eigenvalue weighted by Crippen LogP contribution is -2.23. The average molecular weight is 421 g/mol. The van der Waals surface area contributed by atoms with Crippen molar-refractivity contribution in [3.8, 4) is 5.75 Å². The smallest absolute Gasteiger partial charge is 0.246 e. The molecule has 8 heteroatoms. The number of amides is 1. The molecule has 0 unspecified atom stereocenters. The van der Waals surface area contributed by atoms with Gasteiger partial charge in [0.25, 0.3) is 0 Å². The maximum absolute atomic E-state index is 12.5. The molecule has 0 fully saturated rings. The molecule has 6 nitrogen and oxygen atoms in total. The number of anilines is 1. The second-order valence-electron chi connectivity index (χ2n) is 6.77. The van der Waals surface area contributed by atoms with E-state index >= 15 is 0 Å². The SMILES string of the molecule is COc1ccc(NC(=O)CSc2ccc3c(c2)CCC3)cc1S(=O)(=O)N(C)C. The van der Waals surface area contributed by atoms with E-state index in [-0.39, 0.29) is 22.3 Å². The summed E-state index contributed by atoms with van der Waals surface area (Å²) < 4.78 is 31.2. The number of nitrogens with zero attached hydrogens (tertiary/aromatic N) is 1. The molecular formula is C20H24N2O4S2. The summed E-state index contributed by atoms with van der Waals surface area (Å²) in [6.07, 6.45) is 3.43. The third-order valence-electron chi connectivity index (χ3n) is 4.65. The van der Waals surface area contributed by atoms with Gasteiger partial charge in [0, 0.05) is 24.7 Å². The highest BCUT2D eigenvalue weighted by Gasteiger charge is 2.23. The predicted octanol–water partition coefficient (Wildman–Crippen LogP) is 3.17. The second-order valence-corrected chi connectivity index (χ2v) is 9.94. The van der Waals surface area contributed by atoms with Crippen LogP contribution in [0.1, 0.15) is 17.5 Å². The fraction of sp³-hybridized carbons (Fsp3) is 0.350. The number of nitrogens with one attached hydrogen (secondary N) is 1. The number of rotatable bonds is 7. The van der Waals surface area contributed by atoms with Crippen molar-refractivity contribution in [3.63, 3.8) is 0 Å². The number of thioether (sulfide) groups is 1. The maximum Gasteiger partial charge on any atom is 0.246 e. The molecule has 0 heterocycles. The summed E-state index contributed by atoms with van der Waals surface area (Å²) in [7, 11) is 0.628. The molecule has 1 aliphatic rings. The molecule has 150 valence electrons. The number of fused-ring (bicyclic) bond motifs is 1. The van der Waals surface area contributed by atoms with Crippen molar-refractivity contribution in [1.82, 2.24) is 4.31 Å². The van der Waals surface area contributed by atoms with Crippen molar-refractivity contribution >= 4 is 33.4 Å². The number of benzene rings is 2. The summed E-state index contributed by atoms with van der Waals surface area (Å²) >= 11 is 1.47. The van der Waals surface area contributed by atoms with Crippen LogP contribution in [0.3, 0.4) is 0 Å². The van der Waals surface area contributed by atoms with Crippen LogP contribution in [0.25, 0.3) is 0 Å². The fourth-order valence-corrected chi connectivity index (χ4v) is 4.97. The van der Waals surface area contributed by atoms with Gasteiger partial charge in [-0.1, -0.05) is 6.07 Å². The number of carbonyl (C=O) groups excluding carboxylic acids is 1. The Hall–Kier alpha value is -2.03. The van der Waals surface area contributed by atoms with Crippen LogP contribution in [0.4, 0.5) is 5.69 Å². The lowest BCUT2D eigenvalue weighted by molar-refractivity contribution is -0.113. The number of hydrogen-bond donors (Lipinski definition) is 1. The van der Waals surface area contributed by atoms with Crippen molar-refractivity contribution in [3.05, 3.63) is 47.5 Å². The highest BCUT2D eigenvalue weighted by Crippen LogP contribution is 2.30. The quantitative estimate of drug-likeness (QED) is 0.697. The molecule has 1 aliphatic carbocycles. The predicted molar refractivity (Wildman–Crippen MR) is 112 cm³/mol. The van der Waals surface area contributed by atoms with Crippen LogP contribution in [0, 0.1) is 0 Å². The van der Waals surface area contributed by atoms with E-state index in [1.54, 1.807) is 12.1 Å². The molecular weight excluding hydrogens is 396 g/mol. The minimum Gasteiger partial charge on any atom is -0.495 e. The fourth-order valence-electron chi connectivity index (χ4n) is 3.14. The van der Waals surface area contributed by atoms with Gasteiger partial charge in [0.1, 0.15) is 10.6 Å². The third kappa shape index (κ3) is 4.51. The molecule has 1 N–H and O–H groups in total. The van der Waals surface area contributed by atoms with Crippen molar-refractivity contribution in [2.75, 3.05) is 32.3 Å². The van der Waals surface area contributed by atoms with Gasteiger partial charge in [-0.2, -0.15) is 0 Å². The van der Waals surface area contributed by atoms with Crippen LogP contribution in [0.2, 0.25) is 0 Å². The molecule has 0 atom stereocenters. The highest BCUT2D eigenvalue weighted by molar-refractivity contribution is 8.00. The Bertz CT molecular complexity index is 988. The Morgan fingerprint density at radius 3 is 2.61 bits per heavy atom. The molecule has 0 saturated heterocycles. The molecule has 0 aliphatic heterocycles. The first kappa shape index (κ1) is 20.7. The summed E-state index contributed by atoms with van der Waals surface area (Å²) in [6, 6.07) is 11.0. The zero-order valence-electron chi connectivity index (χ0n) is 16.2. The van der Waals surface area contributed by atoms with E-state index in [9.17, 15) is 13.2 Å². The number of carbonyl (C=O) groups is 1. The number of sulfonamides is 1. The Balaban J connectivity index is 1.68. The summed E-state index contributed by atoms with van der Waals surface area (Å²) in [5.41, 5.74) is 3.20. The standard InChI is InChI=1S/C20H24N2O4S2/c1-22(2)28(24,25)19-12-16(8-10-18(19)26-3)21-20(23)13-27-17-9-7-14-5-4-6-15(14)11-17/h7-12H,4-6,13H2,1-3H3,(H,21,23). The van der Waals surface area contributed by atoms with Crippen molar-refractivity contribution < 1.29 is 17.9 Å². The number of hydrogen-bond acceptors (Lipinski definition) is 5. The van der Waals surface area contributed by atoms with Gasteiger partial charge >= 0.3 is 0 Å². The lowest BCUT2D eigenvalue weighted by atomic mass is 10.1. The molecule has 28 heavy (non-hydrogen) atoms. The van der Waals surface area contributed by atoms with Crippen LogP contribution in [0.5, 0.6) is 5.75 Å². The first-order valence-electron chi connectivity index (χ1n) is 8.96. The summed E-state index contributed by atoms with van der Waals surface area (Å²) in [5, 5.41) is 2.77. The molecule has 1 amide bonds. The van der Waals surface area contributed by atoms with Gasteiger partial charge in [-0.25, -0.2) is 12.7 Å². The zero-order valence-corrected chi connectivity index (χ0v) is 17.8. The van der Waals surface area contributed by atoms with E-state index in [1.807, 2.05) is 0 Å². The van der Waals surface area contributed by atoms with Crippen LogP contribution in [0.15, 0.2) is 46.2 Å². The molecule has 0 saturated carbocycles. The zero-order chi connectivity index (χ0) is 20.3. The Labute approximate surface area is 170 Å². The normalized spacial score (nSPS) is 13.4. The Kier molecular flexibility index (Phi) is 6.32. The topological polar surface area (TPSA) is 75.7 Å². The maximum atomic E-state index is 12.5. The summed E-state index contributed by atoms with van der Waals surface area (Å²) in [4.78, 5) is 13.4. The number of aryl methyl sites for hydroxylation is 2. The van der Waals surface area contributed by atoms with Gasteiger partial charge in [0.15, 0.2) is 0 Å². The molecule has 2 aromatic rings. The van der Waals surface area contributed by atoms with Crippen molar-refractivity contribution in [2.45, 2.75) is 29.1 Å². The van der Waals surface area contributed by atoms with E-state index in [4.69, 9.17) is 4.74 Å². The van der Waals surface area contributed by atoms with Crippen molar-refractivity contribution in [2.24, 2.45) is 0 Å². The first-order chi connectivity index (χ1) is 13.3. The minimum absolute atomic E-state index is 0.0177. The van der Waals surface area contributed by atoms with Crippen LogP contribution in [-0.2, 0) is 27.7 Å². The third-order valence-corrected chi connectivity index (χ3v) is 7.48. The largest absolute Gasteiger partial charge is 0.495 e. The second kappa shape index (κ2) is 8.55. The molecule has 0 aromatic heterocycles. The monoisotopic (exact) mass is 420 g/mol. The Morgan fingerprint density at radius 1 is 1.14 bits per heavy atom. The average Bonchev–Trinajstić information content (AvgIpc) is 3.14. The highest BCUT2D eigenvalue weighted by atomic mass is 32.2. The van der Waals surface area contributed by atoms with E-state index in [0.717, 1.165) is 22.0 Å².